The fourth-order valence-electron chi connectivity index (χ4n) is 2.37. The minimum Gasteiger partial charge on any atom is -0.240 e. The van der Waals surface area contributed by atoms with Gasteiger partial charge in [-0.05, 0) is 24.6 Å². The molecule has 3 aromatic rings. The van der Waals surface area contributed by atoms with Gasteiger partial charge in [-0.1, -0.05) is 36.2 Å². The van der Waals surface area contributed by atoms with Crippen LogP contribution in [0.15, 0.2) is 30.6 Å². The first-order chi connectivity index (χ1) is 12.2. The zero-order chi connectivity index (χ0) is 19.1. The van der Waals surface area contributed by atoms with E-state index in [1.165, 1.54) is 23.3 Å². The number of hydrogen-bond acceptors (Lipinski definition) is 4. The van der Waals surface area contributed by atoms with Crippen LogP contribution in [0.5, 0.6) is 0 Å². The average molecular weight is 402 g/mol. The Morgan fingerprint density at radius 2 is 1.85 bits per heavy atom. The minimum atomic E-state index is -4.45. The molecule has 0 aliphatic heterocycles. The zero-order valence-corrected chi connectivity index (χ0v) is 15.1. The molecule has 0 aliphatic carbocycles. The van der Waals surface area contributed by atoms with Crippen molar-refractivity contribution in [3.05, 3.63) is 63.3 Å². The summed E-state index contributed by atoms with van der Waals surface area (Å²) in [6.07, 6.45) is -1.51. The van der Waals surface area contributed by atoms with Crippen molar-refractivity contribution in [3.8, 4) is 5.82 Å². The van der Waals surface area contributed by atoms with E-state index in [-0.39, 0.29) is 16.0 Å². The molecule has 26 heavy (non-hydrogen) atoms. The van der Waals surface area contributed by atoms with Crippen LogP contribution in [-0.2, 0) is 6.18 Å². The first-order valence-electron chi connectivity index (χ1n) is 7.45. The SMILES string of the molecule is Cc1ncc(Cl)c(-n2ncc(C(C)c3ccc(C(F)(F)F)cc3Cl)n2)n1. The van der Waals surface area contributed by atoms with Crippen molar-refractivity contribution in [1.29, 1.82) is 0 Å². The summed E-state index contributed by atoms with van der Waals surface area (Å²) >= 11 is 12.1. The van der Waals surface area contributed by atoms with E-state index in [4.69, 9.17) is 23.2 Å². The maximum atomic E-state index is 12.8. The highest BCUT2D eigenvalue weighted by atomic mass is 35.5. The van der Waals surface area contributed by atoms with Crippen molar-refractivity contribution < 1.29 is 13.2 Å². The molecule has 0 saturated carbocycles. The van der Waals surface area contributed by atoms with Gasteiger partial charge in [0.2, 0.25) is 0 Å². The smallest absolute Gasteiger partial charge is 0.240 e. The predicted molar refractivity (Wildman–Crippen MR) is 90.7 cm³/mol. The van der Waals surface area contributed by atoms with Crippen molar-refractivity contribution in [1.82, 2.24) is 25.0 Å². The summed E-state index contributed by atoms with van der Waals surface area (Å²) in [7, 11) is 0. The lowest BCUT2D eigenvalue weighted by Gasteiger charge is -2.13. The highest BCUT2D eigenvalue weighted by Crippen LogP contribution is 2.35. The molecule has 2 aromatic heterocycles. The minimum absolute atomic E-state index is 0.0118. The highest BCUT2D eigenvalue weighted by molar-refractivity contribution is 6.32. The molecular formula is C16H12Cl2F3N5. The number of aryl methyl sites for hydroxylation is 1. The van der Waals surface area contributed by atoms with Crippen molar-refractivity contribution in [2.45, 2.75) is 25.9 Å². The monoisotopic (exact) mass is 401 g/mol. The first kappa shape index (κ1) is 18.6. The van der Waals surface area contributed by atoms with Gasteiger partial charge in [-0.15, -0.1) is 4.80 Å². The Kier molecular flexibility index (Phi) is 4.90. The molecular weight excluding hydrogens is 390 g/mol. The van der Waals surface area contributed by atoms with Crippen LogP contribution in [0.2, 0.25) is 10.0 Å². The van der Waals surface area contributed by atoms with Crippen LogP contribution >= 0.6 is 23.2 Å². The molecule has 0 radical (unpaired) electrons. The molecule has 5 nitrogen and oxygen atoms in total. The van der Waals surface area contributed by atoms with E-state index in [1.54, 1.807) is 13.8 Å². The zero-order valence-electron chi connectivity index (χ0n) is 13.6. The van der Waals surface area contributed by atoms with Crippen LogP contribution in [0.4, 0.5) is 13.2 Å². The molecule has 0 fully saturated rings. The summed E-state index contributed by atoms with van der Waals surface area (Å²) in [5, 5.41) is 8.74. The van der Waals surface area contributed by atoms with Crippen molar-refractivity contribution in [3.63, 3.8) is 0 Å². The molecule has 0 spiro atoms. The molecule has 0 amide bonds. The van der Waals surface area contributed by atoms with E-state index < -0.39 is 11.7 Å². The fraction of sp³-hybridized carbons (Fsp3) is 0.250. The Morgan fingerprint density at radius 1 is 1.12 bits per heavy atom. The normalized spacial score (nSPS) is 13.0. The molecule has 10 heteroatoms. The molecule has 1 atom stereocenters. The molecule has 1 unspecified atom stereocenters. The van der Waals surface area contributed by atoms with Gasteiger partial charge in [0.05, 0.1) is 23.7 Å². The molecule has 1 aromatic carbocycles. The molecule has 2 heterocycles. The third-order valence-corrected chi connectivity index (χ3v) is 4.38. The average Bonchev–Trinajstić information content (AvgIpc) is 3.05. The second-order valence-corrected chi connectivity index (χ2v) is 6.42. The van der Waals surface area contributed by atoms with Gasteiger partial charge in [-0.25, -0.2) is 9.97 Å². The van der Waals surface area contributed by atoms with E-state index in [1.807, 2.05) is 0 Å². The third kappa shape index (κ3) is 3.66. The van der Waals surface area contributed by atoms with Gasteiger partial charge < -0.3 is 0 Å². The van der Waals surface area contributed by atoms with Gasteiger partial charge in [0.15, 0.2) is 5.82 Å². The van der Waals surface area contributed by atoms with Crippen LogP contribution in [0, 0.1) is 6.92 Å². The van der Waals surface area contributed by atoms with Crippen molar-refractivity contribution in [2.75, 3.05) is 0 Å². The summed E-state index contributed by atoms with van der Waals surface area (Å²) in [5.41, 5.74) is 0.223. The summed E-state index contributed by atoms with van der Waals surface area (Å²) in [4.78, 5) is 9.41. The van der Waals surface area contributed by atoms with Crippen molar-refractivity contribution >= 4 is 23.2 Å². The lowest BCUT2D eigenvalue weighted by molar-refractivity contribution is -0.137. The lowest BCUT2D eigenvalue weighted by atomic mass is 9.97. The maximum absolute atomic E-state index is 12.8. The predicted octanol–water partition coefficient (Wildman–Crippen LogP) is 4.84. The Hall–Kier alpha value is -2.19. The number of alkyl halides is 3. The molecule has 0 aliphatic rings. The summed E-state index contributed by atoms with van der Waals surface area (Å²) < 4.78 is 38.3. The lowest BCUT2D eigenvalue weighted by Crippen LogP contribution is -2.07. The van der Waals surface area contributed by atoms with Crippen LogP contribution in [-0.4, -0.2) is 25.0 Å². The topological polar surface area (TPSA) is 56.5 Å². The Morgan fingerprint density at radius 3 is 2.50 bits per heavy atom. The summed E-state index contributed by atoms with van der Waals surface area (Å²) in [6.45, 7) is 3.48. The molecule has 0 saturated heterocycles. The fourth-order valence-corrected chi connectivity index (χ4v) is 2.88. The number of aromatic nitrogens is 5. The Balaban J connectivity index is 1.93. The van der Waals surface area contributed by atoms with Gasteiger partial charge in [0.1, 0.15) is 10.8 Å². The standard InChI is InChI=1S/C16H12Cl2F3N5/c1-8(11-4-3-10(5-12(11)17)16(19,20)21)14-7-23-26(25-14)15-13(18)6-22-9(2)24-15/h3-8H,1-2H3. The Labute approximate surface area is 156 Å². The van der Waals surface area contributed by atoms with Crippen LogP contribution in [0.1, 0.15) is 35.5 Å². The van der Waals surface area contributed by atoms with E-state index in [0.29, 0.717) is 22.9 Å². The second kappa shape index (κ2) is 6.85. The molecule has 0 N–H and O–H groups in total. The van der Waals surface area contributed by atoms with E-state index in [9.17, 15) is 13.2 Å². The van der Waals surface area contributed by atoms with E-state index in [0.717, 1.165) is 12.1 Å². The van der Waals surface area contributed by atoms with Crippen molar-refractivity contribution in [2.24, 2.45) is 0 Å². The summed E-state index contributed by atoms with van der Waals surface area (Å²) in [5.74, 6) is 0.443. The van der Waals surface area contributed by atoms with Gasteiger partial charge in [-0.3, -0.25) is 0 Å². The van der Waals surface area contributed by atoms with E-state index in [2.05, 4.69) is 20.2 Å². The largest absolute Gasteiger partial charge is 0.416 e. The van der Waals surface area contributed by atoms with E-state index >= 15 is 0 Å². The van der Waals surface area contributed by atoms with Gasteiger partial charge >= 0.3 is 6.18 Å². The molecule has 136 valence electrons. The second-order valence-electron chi connectivity index (χ2n) is 5.60. The quantitative estimate of drug-likeness (QED) is 0.629. The maximum Gasteiger partial charge on any atom is 0.416 e. The third-order valence-electron chi connectivity index (χ3n) is 3.78. The number of halogens is 5. The molecule has 0 bridgehead atoms. The highest BCUT2D eigenvalue weighted by Gasteiger charge is 2.31. The van der Waals surface area contributed by atoms with Gasteiger partial charge in [0.25, 0.3) is 0 Å². The number of benzene rings is 1. The van der Waals surface area contributed by atoms with Crippen LogP contribution in [0.3, 0.4) is 0 Å². The Bertz CT molecular complexity index is 955. The number of hydrogen-bond donors (Lipinski definition) is 0. The number of rotatable bonds is 3. The molecule has 3 rings (SSSR count). The van der Waals surface area contributed by atoms with Crippen LogP contribution < -0.4 is 0 Å². The number of nitrogens with zero attached hydrogens (tertiary/aromatic N) is 5. The van der Waals surface area contributed by atoms with Gasteiger partial charge in [-0.2, -0.15) is 23.4 Å². The first-order valence-corrected chi connectivity index (χ1v) is 8.21. The van der Waals surface area contributed by atoms with Crippen LogP contribution in [0.25, 0.3) is 5.82 Å². The summed E-state index contributed by atoms with van der Waals surface area (Å²) in [6, 6.07) is 3.24. The van der Waals surface area contributed by atoms with Gasteiger partial charge in [0, 0.05) is 10.9 Å².